The lowest BCUT2D eigenvalue weighted by molar-refractivity contribution is 0.181. The number of hydrogen-bond donors (Lipinski definition) is 1. The highest BCUT2D eigenvalue weighted by atomic mass is 16.5. The van der Waals surface area contributed by atoms with Gasteiger partial charge in [0.1, 0.15) is 11.9 Å². The minimum atomic E-state index is 0.0960. The van der Waals surface area contributed by atoms with Crippen LogP contribution >= 0.6 is 0 Å². The van der Waals surface area contributed by atoms with Crippen molar-refractivity contribution in [2.75, 3.05) is 13.2 Å². The van der Waals surface area contributed by atoms with Crippen molar-refractivity contribution in [2.24, 2.45) is 11.7 Å². The topological polar surface area (TPSA) is 44.5 Å². The quantitative estimate of drug-likeness (QED) is 0.850. The second-order valence-electron chi connectivity index (χ2n) is 5.15. The molecule has 2 heterocycles. The molecule has 3 unspecified atom stereocenters. The van der Waals surface area contributed by atoms with Crippen LogP contribution in [0.4, 0.5) is 0 Å². The van der Waals surface area contributed by atoms with Gasteiger partial charge in [-0.05, 0) is 30.5 Å². The second-order valence-corrected chi connectivity index (χ2v) is 5.15. The van der Waals surface area contributed by atoms with Crippen molar-refractivity contribution in [3.63, 3.8) is 0 Å². The fraction of sp³-hybridized carbons (Fsp3) is 0.571. The maximum atomic E-state index is 6.31. The van der Waals surface area contributed by atoms with Crippen LogP contribution in [-0.4, -0.2) is 19.3 Å². The molecule has 0 bridgehead atoms. The Bertz CT molecular complexity index is 413. The average molecular weight is 233 g/mol. The summed E-state index contributed by atoms with van der Waals surface area (Å²) in [6.07, 6.45) is 2.37. The molecule has 0 saturated carbocycles. The lowest BCUT2D eigenvalue weighted by Gasteiger charge is -2.18. The summed E-state index contributed by atoms with van der Waals surface area (Å²) in [5.41, 5.74) is 8.82. The summed E-state index contributed by atoms with van der Waals surface area (Å²) in [4.78, 5) is 0. The summed E-state index contributed by atoms with van der Waals surface area (Å²) in [6, 6.07) is 6.46. The Morgan fingerprint density at radius 2 is 2.29 bits per heavy atom. The molecule has 3 nitrogen and oxygen atoms in total. The molecule has 2 aliphatic heterocycles. The Kier molecular flexibility index (Phi) is 2.81. The molecule has 3 rings (SSSR count). The number of fused-ring (bicyclic) bond motifs is 1. The summed E-state index contributed by atoms with van der Waals surface area (Å²) in [5.74, 6) is 1.49. The van der Waals surface area contributed by atoms with Gasteiger partial charge in [-0.25, -0.2) is 0 Å². The van der Waals surface area contributed by atoms with Gasteiger partial charge in [0.05, 0.1) is 6.61 Å². The van der Waals surface area contributed by atoms with E-state index in [0.29, 0.717) is 12.0 Å². The van der Waals surface area contributed by atoms with E-state index < -0.39 is 0 Å². The largest absolute Gasteiger partial charge is 0.490 e. The van der Waals surface area contributed by atoms with Gasteiger partial charge in [0.2, 0.25) is 0 Å². The van der Waals surface area contributed by atoms with Crippen LogP contribution in [0, 0.1) is 5.92 Å². The minimum Gasteiger partial charge on any atom is -0.490 e. The molecule has 92 valence electrons. The fourth-order valence-corrected chi connectivity index (χ4v) is 2.76. The maximum absolute atomic E-state index is 6.31. The highest BCUT2D eigenvalue weighted by molar-refractivity contribution is 5.41. The van der Waals surface area contributed by atoms with Crippen LogP contribution in [0.5, 0.6) is 5.75 Å². The highest BCUT2D eigenvalue weighted by Crippen LogP contribution is 2.33. The zero-order valence-electron chi connectivity index (χ0n) is 10.2. The average Bonchev–Trinajstić information content (AvgIpc) is 2.94. The van der Waals surface area contributed by atoms with Crippen LogP contribution in [0.1, 0.15) is 30.5 Å². The van der Waals surface area contributed by atoms with Crippen LogP contribution in [-0.2, 0) is 11.2 Å². The van der Waals surface area contributed by atoms with Crippen molar-refractivity contribution in [1.82, 2.24) is 0 Å². The Balaban J connectivity index is 1.82. The van der Waals surface area contributed by atoms with Crippen LogP contribution in [0.3, 0.4) is 0 Å². The molecular weight excluding hydrogens is 214 g/mol. The Morgan fingerprint density at radius 1 is 1.41 bits per heavy atom. The van der Waals surface area contributed by atoms with E-state index in [4.69, 9.17) is 15.2 Å². The van der Waals surface area contributed by atoms with Gasteiger partial charge >= 0.3 is 0 Å². The van der Waals surface area contributed by atoms with E-state index in [1.807, 2.05) is 0 Å². The van der Waals surface area contributed by atoms with Crippen LogP contribution < -0.4 is 10.5 Å². The summed E-state index contributed by atoms with van der Waals surface area (Å²) in [5, 5.41) is 0. The molecule has 1 fully saturated rings. The highest BCUT2D eigenvalue weighted by Gasteiger charge is 2.26. The Hall–Kier alpha value is -1.06. The van der Waals surface area contributed by atoms with Gasteiger partial charge in [-0.2, -0.15) is 0 Å². The Labute approximate surface area is 102 Å². The van der Waals surface area contributed by atoms with Gasteiger partial charge in [0.15, 0.2) is 0 Å². The van der Waals surface area contributed by atoms with Crippen molar-refractivity contribution in [2.45, 2.75) is 31.9 Å². The standard InChI is InChI=1S/C14H19NO2/c1-9-6-12-7-10(2-3-13(12)17-9)14(15)11-4-5-16-8-11/h2-3,7,9,11,14H,4-6,8,15H2,1H3. The number of benzene rings is 1. The van der Waals surface area contributed by atoms with Crippen molar-refractivity contribution in [1.29, 1.82) is 0 Å². The molecule has 1 saturated heterocycles. The van der Waals surface area contributed by atoms with Gasteiger partial charge in [-0.15, -0.1) is 0 Å². The monoisotopic (exact) mass is 233 g/mol. The summed E-state index contributed by atoms with van der Waals surface area (Å²) < 4.78 is 11.1. The fourth-order valence-electron chi connectivity index (χ4n) is 2.76. The SMILES string of the molecule is CC1Cc2cc(C(N)C3CCOC3)ccc2O1. The van der Waals surface area contributed by atoms with Gasteiger partial charge in [0, 0.05) is 25.0 Å². The zero-order valence-corrected chi connectivity index (χ0v) is 10.2. The molecule has 0 amide bonds. The van der Waals surface area contributed by atoms with E-state index in [1.54, 1.807) is 0 Å². The summed E-state index contributed by atoms with van der Waals surface area (Å²) in [7, 11) is 0. The Morgan fingerprint density at radius 3 is 3.06 bits per heavy atom. The lowest BCUT2D eigenvalue weighted by atomic mass is 9.92. The van der Waals surface area contributed by atoms with E-state index in [-0.39, 0.29) is 6.04 Å². The third kappa shape index (κ3) is 2.05. The first-order valence-corrected chi connectivity index (χ1v) is 6.37. The second kappa shape index (κ2) is 4.31. The normalized spacial score (nSPS) is 28.8. The van der Waals surface area contributed by atoms with Gasteiger partial charge in [0.25, 0.3) is 0 Å². The lowest BCUT2D eigenvalue weighted by Crippen LogP contribution is -2.21. The number of nitrogens with two attached hydrogens (primary N) is 1. The molecule has 3 heteroatoms. The third-order valence-corrected chi connectivity index (χ3v) is 3.78. The molecule has 1 aromatic rings. The molecule has 3 atom stereocenters. The predicted octanol–water partition coefficient (Wildman–Crippen LogP) is 2.05. The molecule has 17 heavy (non-hydrogen) atoms. The predicted molar refractivity (Wildman–Crippen MR) is 66.1 cm³/mol. The van der Waals surface area contributed by atoms with Crippen molar-refractivity contribution < 1.29 is 9.47 Å². The van der Waals surface area contributed by atoms with Gasteiger partial charge in [-0.3, -0.25) is 0 Å². The van der Waals surface area contributed by atoms with E-state index in [0.717, 1.165) is 31.8 Å². The van der Waals surface area contributed by atoms with Gasteiger partial charge < -0.3 is 15.2 Å². The molecule has 1 aromatic carbocycles. The van der Waals surface area contributed by atoms with Crippen LogP contribution in [0.15, 0.2) is 18.2 Å². The molecule has 0 radical (unpaired) electrons. The first-order valence-electron chi connectivity index (χ1n) is 6.37. The maximum Gasteiger partial charge on any atom is 0.123 e. The van der Waals surface area contributed by atoms with Crippen LogP contribution in [0.25, 0.3) is 0 Å². The third-order valence-electron chi connectivity index (χ3n) is 3.78. The zero-order chi connectivity index (χ0) is 11.8. The number of hydrogen-bond acceptors (Lipinski definition) is 3. The number of ether oxygens (including phenoxy) is 2. The molecule has 0 aromatic heterocycles. The van der Waals surface area contributed by atoms with Crippen molar-refractivity contribution in [3.05, 3.63) is 29.3 Å². The van der Waals surface area contributed by atoms with E-state index >= 15 is 0 Å². The summed E-state index contributed by atoms with van der Waals surface area (Å²) >= 11 is 0. The molecule has 0 spiro atoms. The van der Waals surface area contributed by atoms with E-state index in [1.165, 1.54) is 11.1 Å². The number of rotatable bonds is 2. The van der Waals surface area contributed by atoms with E-state index in [9.17, 15) is 0 Å². The molecular formula is C14H19NO2. The molecule has 2 aliphatic rings. The molecule has 2 N–H and O–H groups in total. The first kappa shape index (κ1) is 11.1. The minimum absolute atomic E-state index is 0.0960. The van der Waals surface area contributed by atoms with Crippen molar-refractivity contribution >= 4 is 0 Å². The van der Waals surface area contributed by atoms with Crippen LogP contribution in [0.2, 0.25) is 0 Å². The van der Waals surface area contributed by atoms with Crippen molar-refractivity contribution in [3.8, 4) is 5.75 Å². The molecule has 0 aliphatic carbocycles. The smallest absolute Gasteiger partial charge is 0.123 e. The van der Waals surface area contributed by atoms with E-state index in [2.05, 4.69) is 25.1 Å². The van der Waals surface area contributed by atoms with Gasteiger partial charge in [-0.1, -0.05) is 12.1 Å². The summed E-state index contributed by atoms with van der Waals surface area (Å²) in [6.45, 7) is 3.75. The first-order chi connectivity index (χ1) is 8.24.